The van der Waals surface area contributed by atoms with Crippen molar-refractivity contribution in [2.24, 2.45) is 5.41 Å². The number of halogens is 1. The standard InChI is InChI=1S/C13H17BrN2O2/c1-13(8-18-9-13)7-15-6-12(17)16-11-5-3-2-4-10(11)14/h2-5,15H,6-9H2,1H3,(H,16,17). The lowest BCUT2D eigenvalue weighted by Gasteiger charge is -2.38. The van der Waals surface area contributed by atoms with Gasteiger partial charge in [-0.2, -0.15) is 0 Å². The van der Waals surface area contributed by atoms with E-state index in [0.29, 0.717) is 6.54 Å². The minimum absolute atomic E-state index is 0.0364. The molecular formula is C13H17BrN2O2. The van der Waals surface area contributed by atoms with Crippen molar-refractivity contribution in [3.05, 3.63) is 28.7 Å². The summed E-state index contributed by atoms with van der Waals surface area (Å²) in [5.74, 6) is -0.0364. The number of rotatable bonds is 5. The number of amides is 1. The monoisotopic (exact) mass is 312 g/mol. The van der Waals surface area contributed by atoms with E-state index in [9.17, 15) is 4.79 Å². The molecule has 1 saturated heterocycles. The van der Waals surface area contributed by atoms with E-state index >= 15 is 0 Å². The average Bonchev–Trinajstić information content (AvgIpc) is 2.30. The van der Waals surface area contributed by atoms with Crippen molar-refractivity contribution in [2.45, 2.75) is 6.92 Å². The molecule has 0 bridgehead atoms. The van der Waals surface area contributed by atoms with Gasteiger partial charge in [-0.1, -0.05) is 19.1 Å². The number of ether oxygens (including phenoxy) is 1. The van der Waals surface area contributed by atoms with Crippen molar-refractivity contribution < 1.29 is 9.53 Å². The lowest BCUT2D eigenvalue weighted by atomic mass is 9.89. The molecule has 0 aromatic heterocycles. The molecule has 1 heterocycles. The first-order valence-corrected chi connectivity index (χ1v) is 6.71. The van der Waals surface area contributed by atoms with Gasteiger partial charge in [-0.3, -0.25) is 4.79 Å². The number of carbonyl (C=O) groups is 1. The molecule has 0 atom stereocenters. The minimum Gasteiger partial charge on any atom is -0.380 e. The largest absolute Gasteiger partial charge is 0.380 e. The van der Waals surface area contributed by atoms with Crippen LogP contribution in [0.1, 0.15) is 6.92 Å². The Morgan fingerprint density at radius 1 is 1.44 bits per heavy atom. The third kappa shape index (κ3) is 3.54. The predicted molar refractivity (Wildman–Crippen MR) is 74.6 cm³/mol. The lowest BCUT2D eigenvalue weighted by Crippen LogP contribution is -2.48. The molecule has 2 rings (SSSR count). The van der Waals surface area contributed by atoms with E-state index in [2.05, 4.69) is 33.5 Å². The first kappa shape index (κ1) is 13.5. The second kappa shape index (κ2) is 5.82. The zero-order valence-electron chi connectivity index (χ0n) is 10.3. The van der Waals surface area contributed by atoms with Crippen molar-refractivity contribution in [1.29, 1.82) is 0 Å². The third-order valence-corrected chi connectivity index (χ3v) is 3.58. The number of para-hydroxylation sites is 1. The van der Waals surface area contributed by atoms with Gasteiger partial charge in [0, 0.05) is 16.4 Å². The van der Waals surface area contributed by atoms with Gasteiger partial charge in [0.1, 0.15) is 0 Å². The quantitative estimate of drug-likeness (QED) is 0.874. The number of carbonyl (C=O) groups excluding carboxylic acids is 1. The molecule has 0 radical (unpaired) electrons. The normalized spacial score (nSPS) is 17.0. The number of hydrogen-bond acceptors (Lipinski definition) is 3. The molecule has 0 saturated carbocycles. The van der Waals surface area contributed by atoms with Crippen LogP contribution in [-0.2, 0) is 9.53 Å². The highest BCUT2D eigenvalue weighted by Gasteiger charge is 2.32. The SMILES string of the molecule is CC1(CNCC(=O)Nc2ccccc2Br)COC1. The maximum Gasteiger partial charge on any atom is 0.238 e. The smallest absolute Gasteiger partial charge is 0.238 e. The minimum atomic E-state index is -0.0364. The van der Waals surface area contributed by atoms with Crippen LogP contribution >= 0.6 is 15.9 Å². The maximum atomic E-state index is 11.7. The zero-order chi connectivity index (χ0) is 13.0. The zero-order valence-corrected chi connectivity index (χ0v) is 11.9. The summed E-state index contributed by atoms with van der Waals surface area (Å²) in [6.45, 7) is 4.81. The van der Waals surface area contributed by atoms with Gasteiger partial charge < -0.3 is 15.4 Å². The van der Waals surface area contributed by atoms with Gasteiger partial charge in [0.25, 0.3) is 0 Å². The van der Waals surface area contributed by atoms with Crippen LogP contribution in [0.3, 0.4) is 0 Å². The van der Waals surface area contributed by atoms with E-state index in [1.807, 2.05) is 24.3 Å². The van der Waals surface area contributed by atoms with E-state index in [0.717, 1.165) is 29.9 Å². The molecule has 2 N–H and O–H groups in total. The van der Waals surface area contributed by atoms with Crippen LogP contribution in [0.5, 0.6) is 0 Å². The molecule has 1 aromatic carbocycles. The predicted octanol–water partition coefficient (Wildman–Crippen LogP) is 2.01. The fraction of sp³-hybridized carbons (Fsp3) is 0.462. The Balaban J connectivity index is 1.74. The van der Waals surface area contributed by atoms with Gasteiger partial charge in [0.2, 0.25) is 5.91 Å². The van der Waals surface area contributed by atoms with Gasteiger partial charge in [-0.25, -0.2) is 0 Å². The molecule has 1 aromatic rings. The van der Waals surface area contributed by atoms with Gasteiger partial charge in [-0.15, -0.1) is 0 Å². The van der Waals surface area contributed by atoms with Crippen LogP contribution in [0.25, 0.3) is 0 Å². The number of hydrogen-bond donors (Lipinski definition) is 2. The van der Waals surface area contributed by atoms with Gasteiger partial charge in [-0.05, 0) is 28.1 Å². The van der Waals surface area contributed by atoms with Crippen LogP contribution in [-0.4, -0.2) is 32.2 Å². The number of benzene rings is 1. The Bertz CT molecular complexity index is 433. The van der Waals surface area contributed by atoms with Crippen LogP contribution < -0.4 is 10.6 Å². The molecule has 98 valence electrons. The Labute approximate surface area is 115 Å². The first-order chi connectivity index (χ1) is 8.59. The average molecular weight is 313 g/mol. The fourth-order valence-corrected chi connectivity index (χ4v) is 2.17. The summed E-state index contributed by atoms with van der Waals surface area (Å²) in [4.78, 5) is 11.7. The Hall–Kier alpha value is -0.910. The Morgan fingerprint density at radius 2 is 2.17 bits per heavy atom. The van der Waals surface area contributed by atoms with Crippen molar-refractivity contribution in [3.8, 4) is 0 Å². The third-order valence-electron chi connectivity index (χ3n) is 2.89. The summed E-state index contributed by atoms with van der Waals surface area (Å²) in [5.41, 5.74) is 0.982. The van der Waals surface area contributed by atoms with Gasteiger partial charge in [0.05, 0.1) is 25.4 Å². The van der Waals surface area contributed by atoms with Crippen molar-refractivity contribution >= 4 is 27.5 Å². The van der Waals surface area contributed by atoms with Crippen LogP contribution in [0.15, 0.2) is 28.7 Å². The molecule has 4 nitrogen and oxygen atoms in total. The lowest BCUT2D eigenvalue weighted by molar-refractivity contribution is -0.117. The molecule has 18 heavy (non-hydrogen) atoms. The molecule has 0 unspecified atom stereocenters. The van der Waals surface area contributed by atoms with Crippen LogP contribution in [0.4, 0.5) is 5.69 Å². The summed E-state index contributed by atoms with van der Waals surface area (Å²) in [6, 6.07) is 7.56. The summed E-state index contributed by atoms with van der Waals surface area (Å²) >= 11 is 3.39. The van der Waals surface area contributed by atoms with E-state index in [1.165, 1.54) is 0 Å². The molecule has 1 fully saturated rings. The second-order valence-corrected chi connectivity index (χ2v) is 5.79. The number of anilines is 1. The highest BCUT2D eigenvalue weighted by molar-refractivity contribution is 9.10. The Kier molecular flexibility index (Phi) is 4.37. The summed E-state index contributed by atoms with van der Waals surface area (Å²) in [7, 11) is 0. The highest BCUT2D eigenvalue weighted by Crippen LogP contribution is 2.25. The van der Waals surface area contributed by atoms with E-state index in [4.69, 9.17) is 4.74 Å². The summed E-state index contributed by atoms with van der Waals surface area (Å²) < 4.78 is 6.05. The molecular weight excluding hydrogens is 296 g/mol. The second-order valence-electron chi connectivity index (χ2n) is 4.94. The summed E-state index contributed by atoms with van der Waals surface area (Å²) in [5, 5.41) is 6.01. The highest BCUT2D eigenvalue weighted by atomic mass is 79.9. The number of nitrogens with one attached hydrogen (secondary N) is 2. The molecule has 5 heteroatoms. The molecule has 1 aliphatic rings. The molecule has 0 spiro atoms. The fourth-order valence-electron chi connectivity index (χ4n) is 1.79. The van der Waals surface area contributed by atoms with E-state index in [1.54, 1.807) is 0 Å². The molecule has 1 amide bonds. The van der Waals surface area contributed by atoms with E-state index in [-0.39, 0.29) is 11.3 Å². The van der Waals surface area contributed by atoms with Crippen LogP contribution in [0.2, 0.25) is 0 Å². The van der Waals surface area contributed by atoms with Crippen molar-refractivity contribution in [1.82, 2.24) is 5.32 Å². The van der Waals surface area contributed by atoms with Gasteiger partial charge in [0.15, 0.2) is 0 Å². The first-order valence-electron chi connectivity index (χ1n) is 5.92. The topological polar surface area (TPSA) is 50.4 Å². The van der Waals surface area contributed by atoms with Gasteiger partial charge >= 0.3 is 0 Å². The molecule has 0 aliphatic carbocycles. The van der Waals surface area contributed by atoms with Crippen molar-refractivity contribution in [3.63, 3.8) is 0 Å². The molecule has 1 aliphatic heterocycles. The van der Waals surface area contributed by atoms with Crippen molar-refractivity contribution in [2.75, 3.05) is 31.6 Å². The van der Waals surface area contributed by atoms with Crippen LogP contribution in [0, 0.1) is 5.41 Å². The Morgan fingerprint density at radius 3 is 2.78 bits per heavy atom. The summed E-state index contributed by atoms with van der Waals surface area (Å²) in [6.07, 6.45) is 0. The maximum absolute atomic E-state index is 11.7. The van der Waals surface area contributed by atoms with E-state index < -0.39 is 0 Å².